The van der Waals surface area contributed by atoms with Crippen LogP contribution in [0, 0.1) is 17.0 Å². The number of carbonyl (C=O) groups excluding carboxylic acids is 1. The number of nitrogen functional groups attached to an aromatic ring is 1. The molecule has 1 aromatic rings. The fraction of sp³-hybridized carbons (Fsp3) is 0.562. The molecule has 0 heterocycles. The second-order valence-electron chi connectivity index (χ2n) is 6.67. The molecule has 1 fully saturated rings. The summed E-state index contributed by atoms with van der Waals surface area (Å²) in [4.78, 5) is 14.0. The Bertz CT molecular complexity index is 547. The van der Waals surface area contributed by atoms with Crippen LogP contribution in [-0.2, 0) is 0 Å². The predicted molar refractivity (Wildman–Crippen MR) is 78.9 cm³/mol. The van der Waals surface area contributed by atoms with Crippen molar-refractivity contribution >= 4 is 11.6 Å². The van der Waals surface area contributed by atoms with E-state index < -0.39 is 17.5 Å². The number of carbonyl (C=O) groups is 1. The van der Waals surface area contributed by atoms with E-state index in [1.165, 1.54) is 0 Å². The van der Waals surface area contributed by atoms with Crippen molar-refractivity contribution in [2.75, 3.05) is 12.8 Å². The molecule has 2 N–H and O–H groups in total. The van der Waals surface area contributed by atoms with E-state index in [1.807, 2.05) is 0 Å². The molecule has 0 saturated heterocycles. The van der Waals surface area contributed by atoms with Gasteiger partial charge in [-0.3, -0.25) is 4.79 Å². The molecule has 5 heteroatoms. The number of amides is 1. The van der Waals surface area contributed by atoms with Crippen molar-refractivity contribution in [3.8, 4) is 0 Å². The SMILES string of the molecule is CN(C(=O)c1cc(N)c(F)cc1F)C1CCC(C)(C)CC1. The van der Waals surface area contributed by atoms with Crippen molar-refractivity contribution in [3.63, 3.8) is 0 Å². The predicted octanol–water partition coefficient (Wildman–Crippen LogP) is 3.59. The van der Waals surface area contributed by atoms with Crippen molar-refractivity contribution in [3.05, 3.63) is 29.3 Å². The van der Waals surface area contributed by atoms with Gasteiger partial charge in [0.15, 0.2) is 0 Å². The van der Waals surface area contributed by atoms with Gasteiger partial charge in [0.1, 0.15) is 11.6 Å². The van der Waals surface area contributed by atoms with Crippen LogP contribution >= 0.6 is 0 Å². The molecule has 1 aromatic carbocycles. The lowest BCUT2D eigenvalue weighted by Gasteiger charge is -2.38. The first-order valence-electron chi connectivity index (χ1n) is 7.23. The third kappa shape index (κ3) is 3.34. The molecule has 0 bridgehead atoms. The maximum atomic E-state index is 13.8. The van der Waals surface area contributed by atoms with Gasteiger partial charge in [-0.1, -0.05) is 13.8 Å². The van der Waals surface area contributed by atoms with E-state index in [0.29, 0.717) is 11.5 Å². The van der Waals surface area contributed by atoms with Gasteiger partial charge in [-0.2, -0.15) is 0 Å². The highest BCUT2D eigenvalue weighted by Crippen LogP contribution is 2.37. The van der Waals surface area contributed by atoms with Gasteiger partial charge in [0.25, 0.3) is 5.91 Å². The van der Waals surface area contributed by atoms with Gasteiger partial charge in [0.05, 0.1) is 11.3 Å². The van der Waals surface area contributed by atoms with E-state index in [1.54, 1.807) is 11.9 Å². The smallest absolute Gasteiger partial charge is 0.256 e. The maximum Gasteiger partial charge on any atom is 0.256 e. The molecule has 0 unspecified atom stereocenters. The van der Waals surface area contributed by atoms with Crippen LogP contribution in [0.15, 0.2) is 12.1 Å². The van der Waals surface area contributed by atoms with Crippen LogP contribution < -0.4 is 5.73 Å². The minimum absolute atomic E-state index is 0.0937. The first-order valence-corrected chi connectivity index (χ1v) is 7.23. The zero-order valence-corrected chi connectivity index (χ0v) is 12.7. The molecule has 0 aliphatic heterocycles. The van der Waals surface area contributed by atoms with Gasteiger partial charge in [-0.15, -0.1) is 0 Å². The second-order valence-corrected chi connectivity index (χ2v) is 6.67. The molecular weight excluding hydrogens is 274 g/mol. The molecule has 1 aliphatic rings. The Morgan fingerprint density at radius 2 is 1.81 bits per heavy atom. The van der Waals surface area contributed by atoms with Crippen LogP contribution in [-0.4, -0.2) is 23.9 Å². The van der Waals surface area contributed by atoms with Gasteiger partial charge in [0.2, 0.25) is 0 Å². The van der Waals surface area contributed by atoms with Gasteiger partial charge >= 0.3 is 0 Å². The van der Waals surface area contributed by atoms with Gasteiger partial charge in [-0.05, 0) is 37.2 Å². The van der Waals surface area contributed by atoms with Crippen LogP contribution in [0.3, 0.4) is 0 Å². The van der Waals surface area contributed by atoms with Crippen LogP contribution in [0.1, 0.15) is 49.9 Å². The summed E-state index contributed by atoms with van der Waals surface area (Å²) in [5.41, 5.74) is 5.35. The van der Waals surface area contributed by atoms with E-state index in [0.717, 1.165) is 31.7 Å². The number of benzene rings is 1. The van der Waals surface area contributed by atoms with E-state index >= 15 is 0 Å². The minimum atomic E-state index is -0.866. The standard InChI is InChI=1S/C16H22F2N2O/c1-16(2)6-4-10(5-7-16)20(3)15(21)11-8-14(19)13(18)9-12(11)17/h8-10H,4-7,19H2,1-3H3. The number of nitrogens with zero attached hydrogens (tertiary/aromatic N) is 1. The van der Waals surface area contributed by atoms with E-state index in [9.17, 15) is 13.6 Å². The van der Waals surface area contributed by atoms with Crippen molar-refractivity contribution in [1.82, 2.24) is 4.90 Å². The van der Waals surface area contributed by atoms with E-state index in [2.05, 4.69) is 13.8 Å². The van der Waals surface area contributed by atoms with Crippen molar-refractivity contribution in [2.45, 2.75) is 45.6 Å². The van der Waals surface area contributed by atoms with Crippen molar-refractivity contribution < 1.29 is 13.6 Å². The zero-order chi connectivity index (χ0) is 15.8. The Morgan fingerprint density at radius 1 is 1.24 bits per heavy atom. The maximum absolute atomic E-state index is 13.8. The number of anilines is 1. The highest BCUT2D eigenvalue weighted by Gasteiger charge is 2.31. The van der Waals surface area contributed by atoms with Crippen molar-refractivity contribution in [2.24, 2.45) is 5.41 Å². The summed E-state index contributed by atoms with van der Waals surface area (Å²) in [6.45, 7) is 4.43. The lowest BCUT2D eigenvalue weighted by Crippen LogP contribution is -2.41. The fourth-order valence-corrected chi connectivity index (χ4v) is 2.86. The molecule has 0 aromatic heterocycles. The van der Waals surface area contributed by atoms with Crippen molar-refractivity contribution in [1.29, 1.82) is 0 Å². The van der Waals surface area contributed by atoms with Gasteiger partial charge in [0, 0.05) is 19.2 Å². The highest BCUT2D eigenvalue weighted by molar-refractivity contribution is 5.95. The Labute approximate surface area is 124 Å². The molecular formula is C16H22F2N2O. The average molecular weight is 296 g/mol. The topological polar surface area (TPSA) is 46.3 Å². The first-order chi connectivity index (χ1) is 9.71. The van der Waals surface area contributed by atoms with Gasteiger partial charge in [-0.25, -0.2) is 8.78 Å². The molecule has 0 radical (unpaired) electrons. The largest absolute Gasteiger partial charge is 0.396 e. The zero-order valence-electron chi connectivity index (χ0n) is 12.7. The lowest BCUT2D eigenvalue weighted by atomic mass is 9.75. The summed E-state index contributed by atoms with van der Waals surface area (Å²) >= 11 is 0. The summed E-state index contributed by atoms with van der Waals surface area (Å²) in [5, 5.41) is 0. The molecule has 1 saturated carbocycles. The van der Waals surface area contributed by atoms with Crippen LogP contribution in [0.4, 0.5) is 14.5 Å². The summed E-state index contributed by atoms with van der Waals surface area (Å²) in [6, 6.07) is 1.84. The molecule has 116 valence electrons. The number of halogens is 2. The number of rotatable bonds is 2. The Kier molecular flexibility index (Phi) is 4.21. The highest BCUT2D eigenvalue weighted by atomic mass is 19.1. The molecule has 3 nitrogen and oxygen atoms in total. The summed E-state index contributed by atoms with van der Waals surface area (Å²) in [6.07, 6.45) is 3.85. The molecule has 2 rings (SSSR count). The Balaban J connectivity index is 2.15. The van der Waals surface area contributed by atoms with Crippen LogP contribution in [0.5, 0.6) is 0 Å². The van der Waals surface area contributed by atoms with E-state index in [-0.39, 0.29) is 17.3 Å². The lowest BCUT2D eigenvalue weighted by molar-refractivity contribution is 0.0631. The minimum Gasteiger partial charge on any atom is -0.396 e. The molecule has 0 spiro atoms. The molecule has 1 amide bonds. The summed E-state index contributed by atoms with van der Waals surface area (Å²) in [5.74, 6) is -2.15. The Hall–Kier alpha value is -1.65. The average Bonchev–Trinajstić information content (AvgIpc) is 2.41. The third-order valence-corrected chi connectivity index (χ3v) is 4.49. The summed E-state index contributed by atoms with van der Waals surface area (Å²) in [7, 11) is 1.67. The normalized spacial score (nSPS) is 18.5. The number of hydrogen-bond donors (Lipinski definition) is 1. The monoisotopic (exact) mass is 296 g/mol. The van der Waals surface area contributed by atoms with Crippen LogP contribution in [0.2, 0.25) is 0 Å². The van der Waals surface area contributed by atoms with Gasteiger partial charge < -0.3 is 10.6 Å². The summed E-state index contributed by atoms with van der Waals surface area (Å²) < 4.78 is 27.0. The number of hydrogen-bond acceptors (Lipinski definition) is 2. The first kappa shape index (κ1) is 15.7. The number of nitrogens with two attached hydrogens (primary N) is 1. The molecule has 0 atom stereocenters. The van der Waals surface area contributed by atoms with E-state index in [4.69, 9.17) is 5.73 Å². The van der Waals surface area contributed by atoms with Crippen LogP contribution in [0.25, 0.3) is 0 Å². The quantitative estimate of drug-likeness (QED) is 0.848. The second kappa shape index (κ2) is 5.62. The Morgan fingerprint density at radius 3 is 2.38 bits per heavy atom. The third-order valence-electron chi connectivity index (χ3n) is 4.49. The fourth-order valence-electron chi connectivity index (χ4n) is 2.86. The molecule has 21 heavy (non-hydrogen) atoms. The molecule has 1 aliphatic carbocycles.